The van der Waals surface area contributed by atoms with Gasteiger partial charge >= 0.3 is 0 Å². The fourth-order valence-electron chi connectivity index (χ4n) is 20.5. The van der Waals surface area contributed by atoms with E-state index in [1.165, 1.54) is 167 Å². The third-order valence-electron chi connectivity index (χ3n) is 24.1. The normalized spacial score (nSPS) is 14.3. The number of para-hydroxylation sites is 11. The van der Waals surface area contributed by atoms with Crippen LogP contribution in [0, 0.1) is 13.8 Å². The number of rotatable bonds is 5. The molecule has 474 valence electrons. The van der Waals surface area contributed by atoms with Gasteiger partial charge in [0.25, 0.3) is 26.9 Å². The monoisotopic (exact) mass is 1310 g/mol. The molecule has 8 aliphatic rings. The lowest BCUT2D eigenvalue weighted by Gasteiger charge is -2.52. The van der Waals surface area contributed by atoms with Crippen LogP contribution in [0.5, 0.6) is 0 Å². The molecule has 0 bridgehead atoms. The van der Waals surface area contributed by atoms with Crippen LogP contribution in [0.15, 0.2) is 322 Å². The first-order valence-corrected chi connectivity index (χ1v) is 36.2. The zero-order chi connectivity index (χ0) is 67.2. The largest absolute Gasteiger partial charge is 0.312 e. The second-order valence-corrected chi connectivity index (χ2v) is 29.0. The van der Waals surface area contributed by atoms with Crippen molar-refractivity contribution in [3.8, 4) is 5.69 Å². The van der Waals surface area contributed by atoms with Gasteiger partial charge in [-0.1, -0.05) is 212 Å². The standard InChI is InChI=1S/C92H59B4N7/c1-56-87-83-91-85-89(56)100(61-36-14-6-15-37-61)81-54-79-63(52-71(81)95(85)69-44-22-28-50-77(69)102(91)75-48-26-20-42-67(75)93(83)65-40-18-24-46-73(65)98(87)59-32-10-4-11-33-59)64-53-72-82(55-80(64)97(79)58-30-8-3-9-31-58)101(62-38-16-7-17-39-62)90-57(2)88-84-92-86(90)96(72)70-45-23-29-51-78(70)103(92)76-49-27-21-43-68(76)94(84)66-41-19-25-47-74(66)99(88)60-34-12-5-13-35-60/h3-55H,1-2H3. The van der Waals surface area contributed by atoms with Crippen molar-refractivity contribution in [2.75, 3.05) is 29.4 Å². The van der Waals surface area contributed by atoms with Crippen molar-refractivity contribution in [1.29, 1.82) is 0 Å². The van der Waals surface area contributed by atoms with Crippen molar-refractivity contribution < 1.29 is 0 Å². The lowest BCUT2D eigenvalue weighted by atomic mass is 9.28. The van der Waals surface area contributed by atoms with Crippen LogP contribution in [0.1, 0.15) is 11.1 Å². The van der Waals surface area contributed by atoms with Crippen molar-refractivity contribution >= 4 is 217 Å². The summed E-state index contributed by atoms with van der Waals surface area (Å²) in [6, 6.07) is 122. The molecular formula is C92H59B4N7. The number of fused-ring (bicyclic) bond motifs is 23. The van der Waals surface area contributed by atoms with Crippen molar-refractivity contribution in [3.05, 3.63) is 333 Å². The molecule has 0 fully saturated rings. The molecule has 0 unspecified atom stereocenters. The van der Waals surface area contributed by atoms with E-state index in [0.717, 1.165) is 39.5 Å². The molecule has 0 spiro atoms. The van der Waals surface area contributed by atoms with Crippen molar-refractivity contribution in [3.63, 3.8) is 0 Å². The molecule has 0 saturated heterocycles. The molecule has 8 aliphatic heterocycles. The summed E-state index contributed by atoms with van der Waals surface area (Å²) in [6.45, 7) is 4.53. The highest BCUT2D eigenvalue weighted by atomic mass is 15.2. The second-order valence-electron chi connectivity index (χ2n) is 29.0. The Bertz CT molecular complexity index is 6030. The maximum atomic E-state index is 2.66. The highest BCUT2D eigenvalue weighted by Gasteiger charge is 2.55. The molecule has 1 aromatic heterocycles. The van der Waals surface area contributed by atoms with Crippen LogP contribution < -0.4 is 95.0 Å². The van der Waals surface area contributed by atoms with Crippen LogP contribution in [-0.4, -0.2) is 31.4 Å². The minimum atomic E-state index is -0.142. The molecule has 0 radical (unpaired) electrons. The summed E-state index contributed by atoms with van der Waals surface area (Å²) < 4.78 is 2.59. The predicted molar refractivity (Wildman–Crippen MR) is 437 cm³/mol. The highest BCUT2D eigenvalue weighted by Crippen LogP contribution is 2.56. The smallest absolute Gasteiger partial charge is 0.252 e. The molecule has 0 saturated carbocycles. The number of nitrogens with zero attached hydrogens (tertiary/aromatic N) is 7. The van der Waals surface area contributed by atoms with Crippen LogP contribution in [0.3, 0.4) is 0 Å². The van der Waals surface area contributed by atoms with Crippen LogP contribution in [0.25, 0.3) is 27.5 Å². The van der Waals surface area contributed by atoms with Crippen LogP contribution in [0.2, 0.25) is 0 Å². The van der Waals surface area contributed by atoms with E-state index in [1.54, 1.807) is 0 Å². The van der Waals surface area contributed by atoms with Gasteiger partial charge in [-0.05, 0) is 200 Å². The van der Waals surface area contributed by atoms with Crippen LogP contribution in [0.4, 0.5) is 102 Å². The van der Waals surface area contributed by atoms with Gasteiger partial charge in [-0.3, -0.25) is 0 Å². The van der Waals surface area contributed by atoms with Crippen molar-refractivity contribution in [2.45, 2.75) is 13.8 Å². The fraction of sp³-hybridized carbons (Fsp3) is 0.0217. The summed E-state index contributed by atoms with van der Waals surface area (Å²) in [5.41, 5.74) is 43.5. The van der Waals surface area contributed by atoms with Crippen molar-refractivity contribution in [2.24, 2.45) is 0 Å². The minimum absolute atomic E-state index is 0.0202. The van der Waals surface area contributed by atoms with Gasteiger partial charge in [-0.15, -0.1) is 0 Å². The average Bonchev–Trinajstić information content (AvgIpc) is 1.19. The van der Waals surface area contributed by atoms with E-state index in [4.69, 9.17) is 0 Å². The van der Waals surface area contributed by atoms with Gasteiger partial charge in [0, 0.05) is 119 Å². The Morgan fingerprint density at radius 2 is 0.417 bits per heavy atom. The third kappa shape index (κ3) is 7.09. The van der Waals surface area contributed by atoms with E-state index in [9.17, 15) is 0 Å². The Labute approximate surface area is 598 Å². The number of benzene rings is 15. The molecule has 0 N–H and O–H groups in total. The zero-order valence-corrected chi connectivity index (χ0v) is 56.5. The maximum Gasteiger partial charge on any atom is 0.252 e. The van der Waals surface area contributed by atoms with Gasteiger partial charge in [-0.2, -0.15) is 0 Å². The number of aromatic nitrogens is 1. The molecule has 0 amide bonds. The fourth-order valence-corrected chi connectivity index (χ4v) is 20.5. The molecule has 24 rings (SSSR count). The maximum absolute atomic E-state index is 2.66. The topological polar surface area (TPSA) is 24.4 Å². The van der Waals surface area contributed by atoms with Crippen LogP contribution in [-0.2, 0) is 0 Å². The molecule has 9 heterocycles. The van der Waals surface area contributed by atoms with E-state index in [2.05, 4.69) is 369 Å². The summed E-state index contributed by atoms with van der Waals surface area (Å²) in [4.78, 5) is 15.8. The second kappa shape index (κ2) is 20.4. The quantitative estimate of drug-likeness (QED) is 0.159. The van der Waals surface area contributed by atoms with Crippen molar-refractivity contribution in [1.82, 2.24) is 4.57 Å². The Hall–Kier alpha value is -12.8. The summed E-state index contributed by atoms with van der Waals surface area (Å²) in [6.07, 6.45) is 0. The SMILES string of the molecule is Cc1c2c3c4c5c1N(c1ccccc1)c1cc6c(cc1B5c1ccccc1N4c1ccccc1B3c1ccccc1N2c1ccccc1)c1cc2c(cc1n6-c1ccccc1)N(c1ccccc1)c1c(C)c3c4c5c1B2c1ccccc1N5c1ccccc1B4c1ccccc1N3c1ccccc1. The Morgan fingerprint density at radius 1 is 0.194 bits per heavy atom. The molecule has 0 aliphatic carbocycles. The molecule has 15 aromatic carbocycles. The Morgan fingerprint density at radius 3 is 0.699 bits per heavy atom. The number of anilines is 18. The van der Waals surface area contributed by atoms with E-state index < -0.39 is 0 Å². The van der Waals surface area contributed by atoms with E-state index in [-0.39, 0.29) is 26.9 Å². The van der Waals surface area contributed by atoms with Gasteiger partial charge in [0.15, 0.2) is 0 Å². The van der Waals surface area contributed by atoms with E-state index in [0.29, 0.717) is 0 Å². The molecule has 103 heavy (non-hydrogen) atoms. The van der Waals surface area contributed by atoms with Gasteiger partial charge in [0.05, 0.1) is 11.0 Å². The van der Waals surface area contributed by atoms with Gasteiger partial charge in [0.1, 0.15) is 0 Å². The Balaban J connectivity index is 0.837. The van der Waals surface area contributed by atoms with E-state index >= 15 is 0 Å². The summed E-state index contributed by atoms with van der Waals surface area (Å²) in [7, 11) is 0. The predicted octanol–water partition coefficient (Wildman–Crippen LogP) is 14.8. The highest BCUT2D eigenvalue weighted by molar-refractivity contribution is 7.06. The van der Waals surface area contributed by atoms with Gasteiger partial charge in [0.2, 0.25) is 0 Å². The van der Waals surface area contributed by atoms with Gasteiger partial charge in [-0.25, -0.2) is 0 Å². The third-order valence-corrected chi connectivity index (χ3v) is 24.1. The lowest BCUT2D eigenvalue weighted by Crippen LogP contribution is -2.69. The molecule has 7 nitrogen and oxygen atoms in total. The first-order valence-electron chi connectivity index (χ1n) is 36.2. The number of hydrogen-bond donors (Lipinski definition) is 0. The minimum Gasteiger partial charge on any atom is -0.312 e. The first kappa shape index (κ1) is 56.0. The lowest BCUT2D eigenvalue weighted by molar-refractivity contribution is 1.17. The zero-order valence-electron chi connectivity index (χ0n) is 56.5. The average molecular weight is 1310 g/mol. The summed E-state index contributed by atoms with van der Waals surface area (Å²) in [5, 5.41) is 2.45. The van der Waals surface area contributed by atoms with E-state index in [1.807, 2.05) is 0 Å². The molecule has 11 heteroatoms. The number of hydrogen-bond acceptors (Lipinski definition) is 6. The molecular weight excluding hydrogens is 1250 g/mol. The molecule has 16 aromatic rings. The summed E-state index contributed by atoms with van der Waals surface area (Å²) >= 11 is 0. The first-order chi connectivity index (χ1) is 51.1. The van der Waals surface area contributed by atoms with Gasteiger partial charge < -0.3 is 34.0 Å². The van der Waals surface area contributed by atoms with Crippen LogP contribution >= 0.6 is 0 Å². The summed E-state index contributed by atoms with van der Waals surface area (Å²) in [5.74, 6) is 0. The Kier molecular flexibility index (Phi) is 11.1. The molecule has 0 atom stereocenters.